The standard InChI is InChI=1S/C9H14N2O3S/c1-3-10-15(13,14)11-8-5-4-7(2)9(12)6-8/h4-6,10-12H,3H2,1-2H3. The van der Waals surface area contributed by atoms with Crippen LogP contribution in [0.15, 0.2) is 18.2 Å². The highest BCUT2D eigenvalue weighted by Crippen LogP contribution is 2.21. The third-order valence-corrected chi connectivity index (χ3v) is 2.97. The first-order valence-corrected chi connectivity index (χ1v) is 6.00. The molecule has 84 valence electrons. The third kappa shape index (κ3) is 3.41. The molecular weight excluding hydrogens is 216 g/mol. The Morgan fingerprint density at radius 2 is 2.07 bits per heavy atom. The molecule has 5 nitrogen and oxygen atoms in total. The molecule has 0 saturated heterocycles. The summed E-state index contributed by atoms with van der Waals surface area (Å²) in [6.45, 7) is 3.73. The van der Waals surface area contributed by atoms with E-state index in [-0.39, 0.29) is 5.75 Å². The molecular formula is C9H14N2O3S. The van der Waals surface area contributed by atoms with Crippen molar-refractivity contribution in [3.63, 3.8) is 0 Å². The van der Waals surface area contributed by atoms with Gasteiger partial charge in [0.25, 0.3) is 10.2 Å². The molecule has 0 aromatic heterocycles. The third-order valence-electron chi connectivity index (χ3n) is 1.80. The van der Waals surface area contributed by atoms with Gasteiger partial charge in [-0.1, -0.05) is 13.0 Å². The Labute approximate surface area is 89.3 Å². The van der Waals surface area contributed by atoms with Crippen LogP contribution in [0.4, 0.5) is 5.69 Å². The number of phenolic OH excluding ortho intramolecular Hbond substituents is 1. The summed E-state index contributed by atoms with van der Waals surface area (Å²) in [5.74, 6) is 0.0618. The molecule has 0 unspecified atom stereocenters. The quantitative estimate of drug-likeness (QED) is 0.721. The van der Waals surface area contributed by atoms with E-state index in [1.807, 2.05) is 0 Å². The molecule has 0 atom stereocenters. The van der Waals surface area contributed by atoms with Gasteiger partial charge in [-0.05, 0) is 18.6 Å². The maximum absolute atomic E-state index is 11.3. The Morgan fingerprint density at radius 1 is 1.40 bits per heavy atom. The largest absolute Gasteiger partial charge is 0.508 e. The number of rotatable bonds is 4. The highest BCUT2D eigenvalue weighted by molar-refractivity contribution is 7.90. The van der Waals surface area contributed by atoms with Crippen LogP contribution in [0.2, 0.25) is 0 Å². The van der Waals surface area contributed by atoms with Gasteiger partial charge in [-0.15, -0.1) is 0 Å². The topological polar surface area (TPSA) is 78.4 Å². The molecule has 1 aromatic carbocycles. The van der Waals surface area contributed by atoms with Crippen molar-refractivity contribution in [1.29, 1.82) is 0 Å². The van der Waals surface area contributed by atoms with Gasteiger partial charge in [-0.2, -0.15) is 13.1 Å². The van der Waals surface area contributed by atoms with Gasteiger partial charge in [-0.25, -0.2) is 0 Å². The molecule has 0 aliphatic rings. The van der Waals surface area contributed by atoms with E-state index < -0.39 is 10.2 Å². The number of aryl methyl sites for hydroxylation is 1. The molecule has 0 spiro atoms. The summed E-state index contributed by atoms with van der Waals surface area (Å²) in [5.41, 5.74) is 1.03. The molecule has 0 fully saturated rings. The normalized spacial score (nSPS) is 11.3. The van der Waals surface area contributed by atoms with Gasteiger partial charge >= 0.3 is 0 Å². The summed E-state index contributed by atoms with van der Waals surface area (Å²) in [7, 11) is -3.53. The molecule has 15 heavy (non-hydrogen) atoms. The van der Waals surface area contributed by atoms with E-state index in [2.05, 4.69) is 9.44 Å². The molecule has 0 aliphatic heterocycles. The first-order valence-electron chi connectivity index (χ1n) is 4.51. The minimum Gasteiger partial charge on any atom is -0.508 e. The van der Waals surface area contributed by atoms with Crippen molar-refractivity contribution in [2.24, 2.45) is 0 Å². The summed E-state index contributed by atoms with van der Waals surface area (Å²) >= 11 is 0. The van der Waals surface area contributed by atoms with E-state index in [1.54, 1.807) is 26.0 Å². The summed E-state index contributed by atoms with van der Waals surface area (Å²) in [6.07, 6.45) is 0. The fourth-order valence-corrected chi connectivity index (χ4v) is 1.94. The van der Waals surface area contributed by atoms with E-state index in [0.29, 0.717) is 17.8 Å². The Balaban J connectivity index is 2.86. The van der Waals surface area contributed by atoms with Crippen molar-refractivity contribution < 1.29 is 13.5 Å². The fourth-order valence-electron chi connectivity index (χ4n) is 1.05. The first-order chi connectivity index (χ1) is 6.94. The maximum atomic E-state index is 11.3. The van der Waals surface area contributed by atoms with Crippen molar-refractivity contribution in [2.45, 2.75) is 13.8 Å². The number of aromatic hydroxyl groups is 1. The van der Waals surface area contributed by atoms with Crippen LogP contribution in [-0.4, -0.2) is 20.1 Å². The number of hydrogen-bond donors (Lipinski definition) is 3. The van der Waals surface area contributed by atoms with Crippen LogP contribution < -0.4 is 9.44 Å². The molecule has 3 N–H and O–H groups in total. The minimum atomic E-state index is -3.53. The summed E-state index contributed by atoms with van der Waals surface area (Å²) < 4.78 is 27.2. The van der Waals surface area contributed by atoms with Crippen molar-refractivity contribution in [3.8, 4) is 5.75 Å². The molecule has 0 amide bonds. The van der Waals surface area contributed by atoms with Crippen LogP contribution in [-0.2, 0) is 10.2 Å². The van der Waals surface area contributed by atoms with Crippen LogP contribution in [0, 0.1) is 6.92 Å². The second-order valence-electron chi connectivity index (χ2n) is 3.10. The second-order valence-corrected chi connectivity index (χ2v) is 4.60. The van der Waals surface area contributed by atoms with Crippen molar-refractivity contribution in [2.75, 3.05) is 11.3 Å². The zero-order valence-corrected chi connectivity index (χ0v) is 9.43. The Hall–Kier alpha value is -1.27. The highest BCUT2D eigenvalue weighted by Gasteiger charge is 2.08. The van der Waals surface area contributed by atoms with E-state index in [9.17, 15) is 13.5 Å². The van der Waals surface area contributed by atoms with Crippen molar-refractivity contribution >= 4 is 15.9 Å². The lowest BCUT2D eigenvalue weighted by Gasteiger charge is -2.08. The number of hydrogen-bond acceptors (Lipinski definition) is 3. The molecule has 0 radical (unpaired) electrons. The van der Waals surface area contributed by atoms with E-state index in [4.69, 9.17) is 0 Å². The second kappa shape index (κ2) is 4.50. The van der Waals surface area contributed by atoms with E-state index in [0.717, 1.165) is 0 Å². The van der Waals surface area contributed by atoms with Crippen LogP contribution in [0.3, 0.4) is 0 Å². The SMILES string of the molecule is CCNS(=O)(=O)Nc1ccc(C)c(O)c1. The number of anilines is 1. The predicted octanol–water partition coefficient (Wildman–Crippen LogP) is 0.967. The number of phenols is 1. The fraction of sp³-hybridized carbons (Fsp3) is 0.333. The van der Waals surface area contributed by atoms with Crippen LogP contribution in [0.25, 0.3) is 0 Å². The van der Waals surface area contributed by atoms with Gasteiger partial charge < -0.3 is 5.11 Å². The lowest BCUT2D eigenvalue weighted by atomic mass is 10.2. The van der Waals surface area contributed by atoms with Crippen LogP contribution in [0.5, 0.6) is 5.75 Å². The van der Waals surface area contributed by atoms with Crippen molar-refractivity contribution in [1.82, 2.24) is 4.72 Å². The minimum absolute atomic E-state index is 0.0618. The summed E-state index contributed by atoms with van der Waals surface area (Å²) in [4.78, 5) is 0. The highest BCUT2D eigenvalue weighted by atomic mass is 32.2. The maximum Gasteiger partial charge on any atom is 0.299 e. The monoisotopic (exact) mass is 230 g/mol. The lowest BCUT2D eigenvalue weighted by Crippen LogP contribution is -2.29. The van der Waals surface area contributed by atoms with Gasteiger partial charge in [0.05, 0.1) is 5.69 Å². The average molecular weight is 230 g/mol. The summed E-state index contributed by atoms with van der Waals surface area (Å²) in [6, 6.07) is 4.59. The van der Waals surface area contributed by atoms with Gasteiger partial charge in [0.15, 0.2) is 0 Å². The Bertz CT molecular complexity index is 443. The molecule has 0 saturated carbocycles. The van der Waals surface area contributed by atoms with Gasteiger partial charge in [0.2, 0.25) is 0 Å². The predicted molar refractivity (Wildman–Crippen MR) is 59.1 cm³/mol. The number of nitrogens with one attached hydrogen (secondary N) is 2. The smallest absolute Gasteiger partial charge is 0.299 e. The van der Waals surface area contributed by atoms with Gasteiger partial charge in [0, 0.05) is 12.6 Å². The average Bonchev–Trinajstić information content (AvgIpc) is 2.10. The molecule has 0 bridgehead atoms. The van der Waals surface area contributed by atoms with Gasteiger partial charge in [0.1, 0.15) is 5.75 Å². The first kappa shape index (κ1) is 11.8. The Morgan fingerprint density at radius 3 is 2.60 bits per heavy atom. The molecule has 1 aromatic rings. The zero-order valence-electron chi connectivity index (χ0n) is 8.61. The Kier molecular flexibility index (Phi) is 3.54. The molecule has 0 aliphatic carbocycles. The van der Waals surface area contributed by atoms with Gasteiger partial charge in [-0.3, -0.25) is 4.72 Å². The zero-order chi connectivity index (χ0) is 11.5. The van der Waals surface area contributed by atoms with E-state index in [1.165, 1.54) is 6.07 Å². The van der Waals surface area contributed by atoms with Crippen LogP contribution >= 0.6 is 0 Å². The molecule has 1 rings (SSSR count). The summed E-state index contributed by atoms with van der Waals surface area (Å²) in [5, 5.41) is 9.37. The molecule has 6 heteroatoms. The van der Waals surface area contributed by atoms with Crippen LogP contribution in [0.1, 0.15) is 12.5 Å². The van der Waals surface area contributed by atoms with E-state index >= 15 is 0 Å². The van der Waals surface area contributed by atoms with Crippen molar-refractivity contribution in [3.05, 3.63) is 23.8 Å². The number of benzene rings is 1. The molecule has 0 heterocycles. The lowest BCUT2D eigenvalue weighted by molar-refractivity contribution is 0.471.